The van der Waals surface area contributed by atoms with Gasteiger partial charge in [-0.3, -0.25) is 0 Å². The highest BCUT2D eigenvalue weighted by atomic mass is 16.5. The Morgan fingerprint density at radius 1 is 1.19 bits per heavy atom. The summed E-state index contributed by atoms with van der Waals surface area (Å²) in [6, 6.07) is 15.7. The molecule has 1 aliphatic rings. The van der Waals surface area contributed by atoms with Crippen LogP contribution in [0.25, 0.3) is 5.69 Å². The summed E-state index contributed by atoms with van der Waals surface area (Å²) >= 11 is 0. The monoisotopic (exact) mass is 360 g/mol. The van der Waals surface area contributed by atoms with Crippen LogP contribution in [0.1, 0.15) is 22.7 Å². The molecule has 4 N–H and O–H groups in total. The second-order valence-corrected chi connectivity index (χ2v) is 6.22. The third-order valence-corrected chi connectivity index (χ3v) is 4.56. The molecule has 1 aliphatic heterocycles. The van der Waals surface area contributed by atoms with Gasteiger partial charge in [0.15, 0.2) is 0 Å². The number of rotatable bonds is 2. The standard InChI is InChI=1S/C20H16N4O3/c1-11-17-18(14-8-7-13(25)9-16(14)26)15(10-21)19(22)27-20(17)24(23-11)12-5-3-2-4-6-12/h2-9,18,25-26H,22H2,1H3. The molecular weight excluding hydrogens is 344 g/mol. The number of hydrogen-bond donors (Lipinski definition) is 3. The van der Waals surface area contributed by atoms with Gasteiger partial charge in [-0.25, -0.2) is 4.68 Å². The molecule has 4 rings (SSSR count). The molecule has 3 aromatic rings. The number of aryl methyl sites for hydroxylation is 1. The van der Waals surface area contributed by atoms with E-state index in [2.05, 4.69) is 11.2 Å². The summed E-state index contributed by atoms with van der Waals surface area (Å²) in [5, 5.41) is 34.2. The van der Waals surface area contributed by atoms with Crippen molar-refractivity contribution < 1.29 is 14.9 Å². The SMILES string of the molecule is Cc1nn(-c2ccccc2)c2c1C(c1ccc(O)cc1O)C(C#N)=C(N)O2. The van der Waals surface area contributed by atoms with Crippen molar-refractivity contribution in [2.75, 3.05) is 0 Å². The zero-order chi connectivity index (χ0) is 19.1. The van der Waals surface area contributed by atoms with Crippen molar-refractivity contribution in [1.82, 2.24) is 9.78 Å². The number of nitrogens with zero attached hydrogens (tertiary/aromatic N) is 3. The van der Waals surface area contributed by atoms with Crippen molar-refractivity contribution in [2.24, 2.45) is 5.73 Å². The first-order valence-electron chi connectivity index (χ1n) is 8.25. The van der Waals surface area contributed by atoms with E-state index in [4.69, 9.17) is 10.5 Å². The fraction of sp³-hybridized carbons (Fsp3) is 0.100. The first-order chi connectivity index (χ1) is 13.0. The Morgan fingerprint density at radius 2 is 1.93 bits per heavy atom. The van der Waals surface area contributed by atoms with Crippen molar-refractivity contribution in [3.63, 3.8) is 0 Å². The zero-order valence-corrected chi connectivity index (χ0v) is 14.4. The molecule has 1 unspecified atom stereocenters. The summed E-state index contributed by atoms with van der Waals surface area (Å²) in [5.74, 6) is -0.514. The van der Waals surface area contributed by atoms with Crippen molar-refractivity contribution in [3.05, 3.63) is 76.8 Å². The molecular formula is C20H16N4O3. The van der Waals surface area contributed by atoms with Gasteiger partial charge in [0, 0.05) is 11.6 Å². The van der Waals surface area contributed by atoms with E-state index >= 15 is 0 Å². The van der Waals surface area contributed by atoms with Gasteiger partial charge in [-0.15, -0.1) is 0 Å². The minimum atomic E-state index is -0.656. The lowest BCUT2D eigenvalue weighted by atomic mass is 9.83. The van der Waals surface area contributed by atoms with E-state index in [-0.39, 0.29) is 23.0 Å². The van der Waals surface area contributed by atoms with E-state index in [9.17, 15) is 15.5 Å². The van der Waals surface area contributed by atoms with Gasteiger partial charge in [-0.1, -0.05) is 24.3 Å². The summed E-state index contributed by atoms with van der Waals surface area (Å²) in [4.78, 5) is 0. The first-order valence-corrected chi connectivity index (χ1v) is 8.25. The molecule has 134 valence electrons. The Kier molecular flexibility index (Phi) is 3.74. The molecule has 0 amide bonds. The van der Waals surface area contributed by atoms with Crippen molar-refractivity contribution in [1.29, 1.82) is 5.26 Å². The Labute approximate surface area is 155 Å². The molecule has 27 heavy (non-hydrogen) atoms. The van der Waals surface area contributed by atoms with Crippen LogP contribution < -0.4 is 10.5 Å². The fourth-order valence-electron chi connectivity index (χ4n) is 3.35. The van der Waals surface area contributed by atoms with E-state index in [1.807, 2.05) is 37.3 Å². The largest absolute Gasteiger partial charge is 0.508 e. The number of benzene rings is 2. The maximum absolute atomic E-state index is 10.4. The topological polar surface area (TPSA) is 117 Å². The van der Waals surface area contributed by atoms with Crippen LogP contribution >= 0.6 is 0 Å². The molecule has 0 radical (unpaired) electrons. The van der Waals surface area contributed by atoms with Crippen molar-refractivity contribution >= 4 is 0 Å². The van der Waals surface area contributed by atoms with Crippen LogP contribution in [-0.4, -0.2) is 20.0 Å². The van der Waals surface area contributed by atoms with Gasteiger partial charge in [0.05, 0.1) is 22.9 Å². The number of nitrogens with two attached hydrogens (primary N) is 1. The van der Waals surface area contributed by atoms with Crippen LogP contribution in [-0.2, 0) is 0 Å². The molecule has 7 heteroatoms. The van der Waals surface area contributed by atoms with Gasteiger partial charge in [-0.2, -0.15) is 10.4 Å². The second kappa shape index (κ2) is 6.11. The summed E-state index contributed by atoms with van der Waals surface area (Å²) in [6.07, 6.45) is 0. The Hall–Kier alpha value is -3.92. The molecule has 0 bridgehead atoms. The maximum Gasteiger partial charge on any atom is 0.229 e. The van der Waals surface area contributed by atoms with Crippen LogP contribution in [0.15, 0.2) is 60.0 Å². The normalized spacial score (nSPS) is 15.8. The van der Waals surface area contributed by atoms with Gasteiger partial charge in [0.1, 0.15) is 23.1 Å². The average molecular weight is 360 g/mol. The molecule has 0 aliphatic carbocycles. The molecule has 0 saturated heterocycles. The Balaban J connectivity index is 1.98. The van der Waals surface area contributed by atoms with Crippen LogP contribution in [0.2, 0.25) is 0 Å². The molecule has 2 aromatic carbocycles. The van der Waals surface area contributed by atoms with E-state index in [1.54, 1.807) is 10.7 Å². The number of aromatic hydroxyl groups is 2. The van der Waals surface area contributed by atoms with Crippen LogP contribution in [0, 0.1) is 18.3 Å². The molecule has 0 spiro atoms. The summed E-state index contributed by atoms with van der Waals surface area (Å²) in [7, 11) is 0. The number of phenolic OH excluding ortho intramolecular Hbond substituents is 2. The lowest BCUT2D eigenvalue weighted by molar-refractivity contribution is 0.365. The number of hydrogen-bond acceptors (Lipinski definition) is 6. The first kappa shape index (κ1) is 16.5. The van der Waals surface area contributed by atoms with Crippen LogP contribution in [0.4, 0.5) is 0 Å². The second-order valence-electron chi connectivity index (χ2n) is 6.22. The molecule has 0 fully saturated rings. The number of para-hydroxylation sites is 1. The third kappa shape index (κ3) is 2.55. The van der Waals surface area contributed by atoms with Crippen LogP contribution in [0.3, 0.4) is 0 Å². The predicted molar refractivity (Wildman–Crippen MR) is 97.4 cm³/mol. The molecule has 1 aromatic heterocycles. The summed E-state index contributed by atoms with van der Waals surface area (Å²) < 4.78 is 7.38. The van der Waals surface area contributed by atoms with E-state index in [0.29, 0.717) is 22.7 Å². The van der Waals surface area contributed by atoms with Crippen molar-refractivity contribution in [3.8, 4) is 29.1 Å². The fourth-order valence-corrected chi connectivity index (χ4v) is 3.35. The molecule has 0 saturated carbocycles. The highest BCUT2D eigenvalue weighted by molar-refractivity contribution is 5.60. The predicted octanol–water partition coefficient (Wildman–Crippen LogP) is 2.81. The lowest BCUT2D eigenvalue weighted by Crippen LogP contribution is -2.22. The zero-order valence-electron chi connectivity index (χ0n) is 14.4. The number of phenols is 2. The quantitative estimate of drug-likeness (QED) is 0.647. The molecule has 1 atom stereocenters. The van der Waals surface area contributed by atoms with Gasteiger partial charge in [-0.05, 0) is 25.1 Å². The number of ether oxygens (including phenoxy) is 1. The number of allylic oxidation sites excluding steroid dienone is 1. The van der Waals surface area contributed by atoms with Gasteiger partial charge in [0.2, 0.25) is 11.8 Å². The Morgan fingerprint density at radius 3 is 2.59 bits per heavy atom. The summed E-state index contributed by atoms with van der Waals surface area (Å²) in [6.45, 7) is 1.81. The van der Waals surface area contributed by atoms with Gasteiger partial charge >= 0.3 is 0 Å². The third-order valence-electron chi connectivity index (χ3n) is 4.56. The lowest BCUT2D eigenvalue weighted by Gasteiger charge is -2.25. The summed E-state index contributed by atoms with van der Waals surface area (Å²) in [5.41, 5.74) is 8.72. The maximum atomic E-state index is 10.4. The number of nitriles is 1. The van der Waals surface area contributed by atoms with Gasteiger partial charge in [0.25, 0.3) is 0 Å². The minimum absolute atomic E-state index is 0.0421. The molecule has 2 heterocycles. The highest BCUT2D eigenvalue weighted by Gasteiger charge is 2.37. The number of aromatic nitrogens is 2. The van der Waals surface area contributed by atoms with Crippen molar-refractivity contribution in [2.45, 2.75) is 12.8 Å². The average Bonchev–Trinajstić information content (AvgIpc) is 2.98. The number of fused-ring (bicyclic) bond motifs is 1. The Bertz CT molecular complexity index is 1110. The van der Waals surface area contributed by atoms with E-state index in [1.165, 1.54) is 12.1 Å². The smallest absolute Gasteiger partial charge is 0.229 e. The van der Waals surface area contributed by atoms with Gasteiger partial charge < -0.3 is 20.7 Å². The van der Waals surface area contributed by atoms with Crippen LogP contribution in [0.5, 0.6) is 17.4 Å². The van der Waals surface area contributed by atoms with E-state index < -0.39 is 5.92 Å². The highest BCUT2D eigenvalue weighted by Crippen LogP contribution is 2.47. The molecule has 7 nitrogen and oxygen atoms in total. The van der Waals surface area contributed by atoms with E-state index in [0.717, 1.165) is 5.69 Å². The minimum Gasteiger partial charge on any atom is -0.508 e.